The van der Waals surface area contributed by atoms with Crippen molar-refractivity contribution in [2.75, 3.05) is 18.0 Å². The molecular weight excluding hydrogens is 604 g/mol. The highest BCUT2D eigenvalue weighted by Gasteiger charge is 2.28. The molecule has 0 amide bonds. The van der Waals surface area contributed by atoms with Gasteiger partial charge in [0, 0.05) is 29.8 Å². The van der Waals surface area contributed by atoms with Crippen molar-refractivity contribution in [2.45, 2.75) is 143 Å². The second kappa shape index (κ2) is 18.9. The first-order valence-corrected chi connectivity index (χ1v) is 19.6. The van der Waals surface area contributed by atoms with Crippen LogP contribution in [0.5, 0.6) is 0 Å². The Morgan fingerprint density at radius 1 is 0.755 bits per heavy atom. The number of para-hydroxylation sites is 1. The van der Waals surface area contributed by atoms with Crippen LogP contribution in [-0.2, 0) is 19.3 Å². The maximum atomic E-state index is 14.9. The summed E-state index contributed by atoms with van der Waals surface area (Å²) in [5.41, 5.74) is 9.56. The van der Waals surface area contributed by atoms with Crippen LogP contribution in [0.4, 0.5) is 5.69 Å². The molecule has 6 nitrogen and oxygen atoms in total. The first kappa shape index (κ1) is 36.6. The van der Waals surface area contributed by atoms with E-state index in [9.17, 15) is 4.79 Å². The Hall–Kier alpha value is -3.67. The van der Waals surface area contributed by atoms with Crippen molar-refractivity contribution in [1.29, 1.82) is 0 Å². The molecule has 0 fully saturated rings. The average Bonchev–Trinajstić information content (AvgIpc) is 3.66. The summed E-state index contributed by atoms with van der Waals surface area (Å²) < 4.78 is 7.55. The summed E-state index contributed by atoms with van der Waals surface area (Å²) in [7, 11) is 0. The molecule has 0 spiro atoms. The highest BCUT2D eigenvalue weighted by atomic mass is 16.3. The van der Waals surface area contributed by atoms with Crippen molar-refractivity contribution in [2.24, 2.45) is 0 Å². The Balaban J connectivity index is 1.64. The molecule has 0 unspecified atom stereocenters. The molecule has 6 heteroatoms. The van der Waals surface area contributed by atoms with Crippen LogP contribution in [0.2, 0.25) is 0 Å². The second-order valence-electron chi connectivity index (χ2n) is 14.3. The van der Waals surface area contributed by atoms with Gasteiger partial charge in [0.15, 0.2) is 12.2 Å². The maximum absolute atomic E-state index is 14.9. The van der Waals surface area contributed by atoms with E-state index in [0.717, 1.165) is 110 Å². The maximum Gasteiger partial charge on any atom is 0.295 e. The van der Waals surface area contributed by atoms with E-state index in [1.807, 2.05) is 4.68 Å². The molecule has 49 heavy (non-hydrogen) atoms. The summed E-state index contributed by atoms with van der Waals surface area (Å²) in [5, 5.41) is 5.39. The van der Waals surface area contributed by atoms with E-state index in [2.05, 4.69) is 74.0 Å². The van der Waals surface area contributed by atoms with Crippen molar-refractivity contribution < 1.29 is 4.42 Å². The minimum Gasteiger partial charge on any atom is -0.444 e. The Labute approximate surface area is 295 Å². The van der Waals surface area contributed by atoms with E-state index in [1.165, 1.54) is 81.7 Å². The van der Waals surface area contributed by atoms with Gasteiger partial charge in [-0.15, -0.1) is 0 Å². The number of aryl methyl sites for hydroxylation is 3. The third kappa shape index (κ3) is 9.52. The van der Waals surface area contributed by atoms with E-state index < -0.39 is 0 Å². The number of rotatable bonds is 20. The van der Waals surface area contributed by atoms with Gasteiger partial charge in [0.1, 0.15) is 5.69 Å². The molecule has 0 saturated carbocycles. The first-order valence-electron chi connectivity index (χ1n) is 19.6. The Morgan fingerprint density at radius 2 is 1.39 bits per heavy atom. The lowest BCUT2D eigenvalue weighted by molar-refractivity contribution is 0.572. The van der Waals surface area contributed by atoms with Crippen LogP contribution in [0, 0.1) is 6.92 Å². The zero-order valence-electron chi connectivity index (χ0n) is 30.9. The molecule has 0 bridgehead atoms. The van der Waals surface area contributed by atoms with Crippen LogP contribution < -0.4 is 10.5 Å². The van der Waals surface area contributed by atoms with Gasteiger partial charge in [0.25, 0.3) is 5.56 Å². The summed E-state index contributed by atoms with van der Waals surface area (Å²) >= 11 is 0. The summed E-state index contributed by atoms with van der Waals surface area (Å²) in [6, 6.07) is 13.2. The summed E-state index contributed by atoms with van der Waals surface area (Å²) in [4.78, 5) is 21.5. The number of oxazole rings is 1. The Kier molecular flexibility index (Phi) is 14.1. The SMILES string of the molecule is CCCCCCCCc1cccc(CCCCCCCC)c1-n1nc(-c2cc(C)cc(-c3cnco3)c2)c2c(c1=O)N(CCCC)CCC2. The van der Waals surface area contributed by atoms with Gasteiger partial charge in [0.05, 0.1) is 17.6 Å². The molecule has 4 aromatic rings. The third-order valence-corrected chi connectivity index (χ3v) is 10.2. The predicted octanol–water partition coefficient (Wildman–Crippen LogP) is 11.2. The van der Waals surface area contributed by atoms with E-state index in [4.69, 9.17) is 9.52 Å². The van der Waals surface area contributed by atoms with Gasteiger partial charge in [-0.3, -0.25) is 4.79 Å². The fourth-order valence-corrected chi connectivity index (χ4v) is 7.56. The molecule has 0 N–H and O–H groups in total. The number of unbranched alkanes of at least 4 members (excludes halogenated alkanes) is 11. The second-order valence-corrected chi connectivity index (χ2v) is 14.3. The van der Waals surface area contributed by atoms with Gasteiger partial charge in [-0.25, -0.2) is 4.98 Å². The third-order valence-electron chi connectivity index (χ3n) is 10.2. The van der Waals surface area contributed by atoms with Crippen LogP contribution in [0.3, 0.4) is 0 Å². The van der Waals surface area contributed by atoms with Crippen LogP contribution in [0.25, 0.3) is 28.3 Å². The number of fused-ring (bicyclic) bond motifs is 1. The van der Waals surface area contributed by atoms with Crippen LogP contribution in [0.15, 0.2) is 58.2 Å². The molecule has 1 aliphatic heterocycles. The minimum absolute atomic E-state index is 0.0391. The Morgan fingerprint density at radius 3 is 2.02 bits per heavy atom. The molecule has 264 valence electrons. The number of benzene rings is 2. The van der Waals surface area contributed by atoms with Crippen molar-refractivity contribution in [3.05, 3.63) is 81.6 Å². The highest BCUT2D eigenvalue weighted by molar-refractivity contribution is 5.76. The summed E-state index contributed by atoms with van der Waals surface area (Å²) in [6.07, 6.45) is 24.2. The minimum atomic E-state index is 0.0391. The topological polar surface area (TPSA) is 64.2 Å². The van der Waals surface area contributed by atoms with Crippen LogP contribution in [-0.4, -0.2) is 27.9 Å². The molecule has 2 aromatic heterocycles. The Bertz CT molecular complexity index is 1620. The largest absolute Gasteiger partial charge is 0.444 e. The zero-order chi connectivity index (χ0) is 34.4. The van der Waals surface area contributed by atoms with E-state index in [-0.39, 0.29) is 5.56 Å². The van der Waals surface area contributed by atoms with E-state index >= 15 is 0 Å². The first-order chi connectivity index (χ1) is 24.0. The van der Waals surface area contributed by atoms with Gasteiger partial charge in [-0.1, -0.05) is 110 Å². The quantitative estimate of drug-likeness (QED) is 0.0880. The van der Waals surface area contributed by atoms with Crippen molar-refractivity contribution >= 4 is 5.69 Å². The van der Waals surface area contributed by atoms with Gasteiger partial charge in [-0.2, -0.15) is 9.78 Å². The fraction of sp³-hybridized carbons (Fsp3) is 0.558. The van der Waals surface area contributed by atoms with E-state index in [0.29, 0.717) is 0 Å². The lowest BCUT2D eigenvalue weighted by atomic mass is 9.94. The molecule has 0 atom stereocenters. The number of hydrogen-bond donors (Lipinski definition) is 0. The molecule has 0 radical (unpaired) electrons. The monoisotopic (exact) mass is 664 g/mol. The number of nitrogens with zero attached hydrogens (tertiary/aromatic N) is 4. The summed E-state index contributed by atoms with van der Waals surface area (Å²) in [5.74, 6) is 0.738. The molecule has 0 saturated heterocycles. The average molecular weight is 665 g/mol. The number of anilines is 1. The molecule has 1 aliphatic rings. The smallest absolute Gasteiger partial charge is 0.295 e. The van der Waals surface area contributed by atoms with Crippen molar-refractivity contribution in [3.63, 3.8) is 0 Å². The standard InChI is InChI=1S/C43H60N4O2/c1-5-8-11-13-15-17-21-34-23-19-24-35(22-18-16-14-12-9-6-2)41(34)47-43(48)42-38(25-20-27-46(42)26-10-7-3)40(45-47)37-29-33(4)28-36(30-37)39-31-44-32-49-39/h19,23-24,28-32H,5-18,20-22,25-27H2,1-4H3. The lowest BCUT2D eigenvalue weighted by Gasteiger charge is -2.32. The molecular formula is C43H60N4O2. The highest BCUT2D eigenvalue weighted by Crippen LogP contribution is 2.36. The van der Waals surface area contributed by atoms with Gasteiger partial charge < -0.3 is 9.32 Å². The van der Waals surface area contributed by atoms with Gasteiger partial charge in [0.2, 0.25) is 0 Å². The van der Waals surface area contributed by atoms with Crippen molar-refractivity contribution in [3.8, 4) is 28.3 Å². The molecule has 5 rings (SSSR count). The predicted molar refractivity (Wildman–Crippen MR) is 205 cm³/mol. The summed E-state index contributed by atoms with van der Waals surface area (Å²) in [6.45, 7) is 10.7. The number of hydrogen-bond acceptors (Lipinski definition) is 5. The molecule has 2 aromatic carbocycles. The van der Waals surface area contributed by atoms with Crippen molar-refractivity contribution in [1.82, 2.24) is 14.8 Å². The molecule has 3 heterocycles. The lowest BCUT2D eigenvalue weighted by Crippen LogP contribution is -2.39. The van der Waals surface area contributed by atoms with Crippen LogP contribution in [0.1, 0.15) is 139 Å². The molecule has 0 aliphatic carbocycles. The van der Waals surface area contributed by atoms with Gasteiger partial charge >= 0.3 is 0 Å². The van der Waals surface area contributed by atoms with Gasteiger partial charge in [-0.05, 0) is 86.8 Å². The normalized spacial score (nSPS) is 12.9. The fourth-order valence-electron chi connectivity index (χ4n) is 7.56. The number of aromatic nitrogens is 3. The van der Waals surface area contributed by atoms with Crippen LogP contribution >= 0.6 is 0 Å². The zero-order valence-corrected chi connectivity index (χ0v) is 30.9. The van der Waals surface area contributed by atoms with E-state index in [1.54, 1.807) is 6.20 Å².